The Balaban J connectivity index is 1.95. The van der Waals surface area contributed by atoms with E-state index >= 15 is 0 Å². The zero-order valence-electron chi connectivity index (χ0n) is 10.4. The molecule has 0 aliphatic rings. The number of ketones is 1. The minimum atomic E-state index is -0.0205. The highest BCUT2D eigenvalue weighted by Crippen LogP contribution is 2.23. The van der Waals surface area contributed by atoms with Gasteiger partial charge in [-0.2, -0.15) is 0 Å². The molecule has 3 nitrogen and oxygen atoms in total. The maximum absolute atomic E-state index is 11.9. The summed E-state index contributed by atoms with van der Waals surface area (Å²) in [6, 6.07) is 11.2. The van der Waals surface area contributed by atoms with Crippen LogP contribution in [0.1, 0.15) is 15.2 Å². The molecule has 2 aromatic rings. The summed E-state index contributed by atoms with van der Waals surface area (Å²) in [6.07, 6.45) is 0. The van der Waals surface area contributed by atoms with Gasteiger partial charge in [-0.15, -0.1) is 11.3 Å². The lowest BCUT2D eigenvalue weighted by Crippen LogP contribution is -2.10. The fourth-order valence-corrected chi connectivity index (χ4v) is 2.89. The molecule has 0 fully saturated rings. The number of methoxy groups -OCH3 is 1. The summed E-state index contributed by atoms with van der Waals surface area (Å²) in [5.74, 6) is 0.659. The molecule has 0 spiro atoms. The van der Waals surface area contributed by atoms with E-state index in [1.807, 2.05) is 30.3 Å². The summed E-state index contributed by atoms with van der Waals surface area (Å²) < 4.78 is 11.5. The van der Waals surface area contributed by atoms with Crippen molar-refractivity contribution >= 4 is 33.0 Å². The molecule has 0 aliphatic carbocycles. The summed E-state index contributed by atoms with van der Waals surface area (Å²) in [6.45, 7) is 0.576. The largest absolute Gasteiger partial charge is 0.485 e. The van der Waals surface area contributed by atoms with Crippen LogP contribution in [0.5, 0.6) is 5.75 Å². The minimum Gasteiger partial charge on any atom is -0.485 e. The van der Waals surface area contributed by atoms with Gasteiger partial charge in [0, 0.05) is 7.11 Å². The van der Waals surface area contributed by atoms with Crippen LogP contribution >= 0.6 is 27.3 Å². The fraction of sp³-hybridized carbons (Fsp3) is 0.214. The third-order valence-electron chi connectivity index (χ3n) is 2.43. The van der Waals surface area contributed by atoms with E-state index in [0.717, 1.165) is 9.35 Å². The zero-order chi connectivity index (χ0) is 13.7. The average molecular weight is 341 g/mol. The average Bonchev–Trinajstić information content (AvgIpc) is 2.84. The second-order valence-electron chi connectivity index (χ2n) is 3.90. The maximum Gasteiger partial charge on any atom is 0.210 e. The summed E-state index contributed by atoms with van der Waals surface area (Å²) in [5, 5.41) is 0. The summed E-state index contributed by atoms with van der Waals surface area (Å²) in [7, 11) is 1.64. The highest BCUT2D eigenvalue weighted by atomic mass is 79.9. The molecule has 0 N–H and O–H groups in total. The quantitative estimate of drug-likeness (QED) is 0.747. The lowest BCUT2D eigenvalue weighted by molar-refractivity contribution is 0.0925. The number of hydrogen-bond donors (Lipinski definition) is 0. The molecule has 100 valence electrons. The molecule has 2 rings (SSSR count). The first-order valence-electron chi connectivity index (χ1n) is 5.68. The van der Waals surface area contributed by atoms with Crippen LogP contribution in [0.15, 0.2) is 40.2 Å². The smallest absolute Gasteiger partial charge is 0.210 e. The van der Waals surface area contributed by atoms with E-state index in [-0.39, 0.29) is 12.4 Å². The Hall–Kier alpha value is -1.17. The van der Waals surface area contributed by atoms with Crippen LogP contribution in [0, 0.1) is 0 Å². The van der Waals surface area contributed by atoms with Gasteiger partial charge in [-0.25, -0.2) is 0 Å². The Labute approximate surface area is 124 Å². The van der Waals surface area contributed by atoms with E-state index in [1.165, 1.54) is 11.3 Å². The number of ether oxygens (including phenoxy) is 2. The van der Waals surface area contributed by atoms with Gasteiger partial charge in [0.05, 0.1) is 15.3 Å². The predicted octanol–water partition coefficient (Wildman–Crippen LogP) is 3.92. The van der Waals surface area contributed by atoms with Crippen molar-refractivity contribution in [2.75, 3.05) is 13.7 Å². The van der Waals surface area contributed by atoms with Crippen molar-refractivity contribution in [3.05, 3.63) is 50.6 Å². The van der Waals surface area contributed by atoms with Crippen molar-refractivity contribution in [3.63, 3.8) is 0 Å². The molecule has 1 heterocycles. The van der Waals surface area contributed by atoms with E-state index in [0.29, 0.717) is 17.2 Å². The van der Waals surface area contributed by atoms with Gasteiger partial charge >= 0.3 is 0 Å². The number of benzene rings is 1. The van der Waals surface area contributed by atoms with Gasteiger partial charge in [0.25, 0.3) is 0 Å². The van der Waals surface area contributed by atoms with Gasteiger partial charge in [0.2, 0.25) is 5.78 Å². The van der Waals surface area contributed by atoms with Gasteiger partial charge in [0.1, 0.15) is 5.75 Å². The molecular weight excluding hydrogens is 328 g/mol. The summed E-state index contributed by atoms with van der Waals surface area (Å²) >= 11 is 4.74. The standard InChI is InChI=1S/C14H13BrO3S/c1-17-8-10-3-2-4-11(7-10)18-9-12(16)13-5-6-14(15)19-13/h2-7H,8-9H2,1H3. The number of rotatable bonds is 6. The molecule has 1 aromatic carbocycles. The lowest BCUT2D eigenvalue weighted by Gasteiger charge is -2.06. The van der Waals surface area contributed by atoms with Crippen LogP contribution in [0.25, 0.3) is 0 Å². The second kappa shape index (κ2) is 6.84. The van der Waals surface area contributed by atoms with Gasteiger partial charge in [0.15, 0.2) is 6.61 Å². The van der Waals surface area contributed by atoms with Crippen LogP contribution in [-0.2, 0) is 11.3 Å². The molecule has 1 aromatic heterocycles. The first kappa shape index (κ1) is 14.2. The molecule has 5 heteroatoms. The SMILES string of the molecule is COCc1cccc(OCC(=O)c2ccc(Br)s2)c1. The van der Waals surface area contributed by atoms with Gasteiger partial charge < -0.3 is 9.47 Å². The summed E-state index contributed by atoms with van der Waals surface area (Å²) in [5.41, 5.74) is 1.02. The highest BCUT2D eigenvalue weighted by molar-refractivity contribution is 9.11. The molecule has 0 saturated carbocycles. The molecule has 0 aliphatic heterocycles. The van der Waals surface area contributed by atoms with E-state index in [9.17, 15) is 4.79 Å². The number of Topliss-reactive ketones (excluding diaryl/α,β-unsaturated/α-hetero) is 1. The van der Waals surface area contributed by atoms with E-state index < -0.39 is 0 Å². The van der Waals surface area contributed by atoms with Gasteiger partial charge in [-0.05, 0) is 45.8 Å². The van der Waals surface area contributed by atoms with Crippen molar-refractivity contribution in [2.45, 2.75) is 6.61 Å². The number of thiophene rings is 1. The lowest BCUT2D eigenvalue weighted by atomic mass is 10.2. The topological polar surface area (TPSA) is 35.5 Å². The monoisotopic (exact) mass is 340 g/mol. The molecule has 0 saturated heterocycles. The third kappa shape index (κ3) is 4.16. The number of hydrogen-bond acceptors (Lipinski definition) is 4. The van der Waals surface area contributed by atoms with Crippen molar-refractivity contribution in [3.8, 4) is 5.75 Å². The Kier molecular flexibility index (Phi) is 5.13. The maximum atomic E-state index is 11.9. The Bertz CT molecular complexity index is 565. The first-order valence-corrected chi connectivity index (χ1v) is 7.29. The molecule has 0 radical (unpaired) electrons. The van der Waals surface area contributed by atoms with Gasteiger partial charge in [-0.3, -0.25) is 4.79 Å². The van der Waals surface area contributed by atoms with Crippen LogP contribution in [0.3, 0.4) is 0 Å². The molecule has 0 bridgehead atoms. The van der Waals surface area contributed by atoms with Gasteiger partial charge in [-0.1, -0.05) is 12.1 Å². The molecule has 0 atom stereocenters. The Morgan fingerprint density at radius 3 is 2.84 bits per heavy atom. The number of halogens is 1. The van der Waals surface area contributed by atoms with Crippen LogP contribution in [-0.4, -0.2) is 19.5 Å². The minimum absolute atomic E-state index is 0.0205. The van der Waals surface area contributed by atoms with Crippen molar-refractivity contribution in [1.29, 1.82) is 0 Å². The van der Waals surface area contributed by atoms with Crippen LogP contribution < -0.4 is 4.74 Å². The van der Waals surface area contributed by atoms with E-state index in [2.05, 4.69) is 15.9 Å². The fourth-order valence-electron chi connectivity index (χ4n) is 1.58. The van der Waals surface area contributed by atoms with Crippen LogP contribution in [0.2, 0.25) is 0 Å². The Morgan fingerprint density at radius 1 is 1.32 bits per heavy atom. The van der Waals surface area contributed by atoms with E-state index in [1.54, 1.807) is 13.2 Å². The zero-order valence-corrected chi connectivity index (χ0v) is 12.8. The Morgan fingerprint density at radius 2 is 2.16 bits per heavy atom. The normalized spacial score (nSPS) is 10.4. The molecule has 0 amide bonds. The van der Waals surface area contributed by atoms with Crippen molar-refractivity contribution in [2.24, 2.45) is 0 Å². The second-order valence-corrected chi connectivity index (χ2v) is 6.36. The van der Waals surface area contributed by atoms with Crippen LogP contribution in [0.4, 0.5) is 0 Å². The van der Waals surface area contributed by atoms with Crippen molar-refractivity contribution < 1.29 is 14.3 Å². The first-order chi connectivity index (χ1) is 9.19. The third-order valence-corrected chi connectivity index (χ3v) is 4.09. The predicted molar refractivity (Wildman–Crippen MR) is 79.0 cm³/mol. The number of carbonyl (C=O) groups is 1. The summed E-state index contributed by atoms with van der Waals surface area (Å²) in [4.78, 5) is 12.6. The number of carbonyl (C=O) groups excluding carboxylic acids is 1. The molecular formula is C14H13BrO3S. The molecule has 0 unspecified atom stereocenters. The highest BCUT2D eigenvalue weighted by Gasteiger charge is 2.09. The molecule has 19 heavy (non-hydrogen) atoms. The van der Waals surface area contributed by atoms with E-state index in [4.69, 9.17) is 9.47 Å². The van der Waals surface area contributed by atoms with Crippen molar-refractivity contribution in [1.82, 2.24) is 0 Å².